The number of hydrogen-bond donors (Lipinski definition) is 1. The molecule has 3 unspecified atom stereocenters. The molecule has 0 aromatic heterocycles. The number of aliphatic hydroxyl groups excluding tert-OH is 1. The van der Waals surface area contributed by atoms with E-state index in [1.807, 2.05) is 6.42 Å². The number of carbonyl (C=O) groups is 1. The van der Waals surface area contributed by atoms with Gasteiger partial charge in [-0.1, -0.05) is 31.4 Å². The first-order valence-corrected chi connectivity index (χ1v) is 8.70. The number of aliphatic hydroxyl groups is 1. The van der Waals surface area contributed by atoms with Gasteiger partial charge in [-0.25, -0.2) is 0 Å². The van der Waals surface area contributed by atoms with Gasteiger partial charge < -0.3 is 16.3 Å². The summed E-state index contributed by atoms with van der Waals surface area (Å²) in [5, 5.41) is 9.99. The first-order chi connectivity index (χ1) is 9.95. The van der Waals surface area contributed by atoms with E-state index in [4.69, 9.17) is 0 Å². The second-order valence-corrected chi connectivity index (χ2v) is 8.42. The molecule has 0 aromatic carbocycles. The maximum Gasteiger partial charge on any atom is 0.0577 e. The maximum absolute atomic E-state index is 12.3. The Morgan fingerprint density at radius 3 is 2.68 bits per heavy atom. The van der Waals surface area contributed by atoms with E-state index >= 15 is 0 Å². The van der Waals surface area contributed by atoms with Gasteiger partial charge in [0.1, 0.15) is 0 Å². The van der Waals surface area contributed by atoms with E-state index in [0.29, 0.717) is 17.6 Å². The molecule has 0 bridgehead atoms. The van der Waals surface area contributed by atoms with Gasteiger partial charge >= 0.3 is 0 Å². The third-order valence-corrected chi connectivity index (χ3v) is 7.59. The van der Waals surface area contributed by atoms with Crippen molar-refractivity contribution in [2.24, 2.45) is 28.6 Å². The van der Waals surface area contributed by atoms with E-state index in [-0.39, 0.29) is 49.6 Å². The molecule has 3 fully saturated rings. The van der Waals surface area contributed by atoms with Crippen LogP contribution in [0.25, 0.3) is 0 Å². The van der Waals surface area contributed by atoms with E-state index in [1.165, 1.54) is 12.0 Å². The van der Waals surface area contributed by atoms with Crippen LogP contribution in [0.15, 0.2) is 11.6 Å². The third-order valence-electron chi connectivity index (χ3n) is 7.59. The normalized spacial score (nSPS) is 50.0. The maximum atomic E-state index is 12.3. The van der Waals surface area contributed by atoms with E-state index in [9.17, 15) is 9.90 Å². The monoisotopic (exact) mass is 376 g/mol. The van der Waals surface area contributed by atoms with Gasteiger partial charge in [0.25, 0.3) is 0 Å². The van der Waals surface area contributed by atoms with Crippen molar-refractivity contribution in [2.45, 2.75) is 64.9 Å². The molecule has 0 aromatic rings. The predicted octanol–water partition coefficient (Wildman–Crippen LogP) is 3.69. The first-order valence-electron chi connectivity index (χ1n) is 8.70. The molecule has 22 heavy (non-hydrogen) atoms. The van der Waals surface area contributed by atoms with Crippen LogP contribution in [0.4, 0.5) is 0 Å². The number of rotatable bonds is 0. The van der Waals surface area contributed by atoms with Crippen molar-refractivity contribution in [1.82, 2.24) is 0 Å². The van der Waals surface area contributed by atoms with Crippen molar-refractivity contribution in [3.8, 4) is 0 Å². The molecule has 1 radical (unpaired) electrons. The Balaban J connectivity index is 0.00000144. The molecule has 119 valence electrons. The minimum absolute atomic E-state index is 0. The summed E-state index contributed by atoms with van der Waals surface area (Å²) in [5.74, 6) is 2.37. The Kier molecular flexibility index (Phi) is 4.46. The van der Waals surface area contributed by atoms with E-state index < -0.39 is 0 Å². The molecule has 3 heteroatoms. The van der Waals surface area contributed by atoms with Gasteiger partial charge in [-0.2, -0.15) is 6.42 Å². The Labute approximate surface area is 159 Å². The van der Waals surface area contributed by atoms with E-state index in [1.54, 1.807) is 0 Å². The Bertz CT molecular complexity index is 514. The van der Waals surface area contributed by atoms with Crippen LogP contribution in [0.3, 0.4) is 0 Å². The molecule has 0 amide bonds. The summed E-state index contributed by atoms with van der Waals surface area (Å²) in [4.78, 5) is 12.3. The van der Waals surface area contributed by atoms with Crippen molar-refractivity contribution in [2.75, 3.05) is 0 Å². The number of ketones is 1. The van der Waals surface area contributed by atoms with Crippen LogP contribution >= 0.6 is 0 Å². The van der Waals surface area contributed by atoms with Crippen LogP contribution < -0.4 is 0 Å². The Morgan fingerprint density at radius 1 is 1.18 bits per heavy atom. The SMILES string of the molecule is C[C@]12CC[C@H](O)CC1=CCC1C2CC[C@]2(C)C(=O)[CH-]CC12.[Y]. The molecule has 2 nitrogen and oxygen atoms in total. The Morgan fingerprint density at radius 2 is 1.91 bits per heavy atom. The number of allylic oxidation sites excluding steroid dienone is 1. The molecular formula is C19H27O2Y-. The summed E-state index contributed by atoms with van der Waals surface area (Å²) in [6.07, 6.45) is 11.6. The molecule has 0 heterocycles. The summed E-state index contributed by atoms with van der Waals surface area (Å²) >= 11 is 0. The molecule has 4 aliphatic rings. The predicted molar refractivity (Wildman–Crippen MR) is 82.4 cm³/mol. The number of hydrogen-bond acceptors (Lipinski definition) is 2. The molecule has 0 saturated heterocycles. The minimum atomic E-state index is -0.129. The van der Waals surface area contributed by atoms with Crippen molar-refractivity contribution in [3.05, 3.63) is 18.1 Å². The third kappa shape index (κ3) is 2.24. The van der Waals surface area contributed by atoms with Crippen molar-refractivity contribution < 1.29 is 42.6 Å². The van der Waals surface area contributed by atoms with Gasteiger partial charge in [0.15, 0.2) is 0 Å². The summed E-state index contributed by atoms with van der Waals surface area (Å²) < 4.78 is 0. The molecule has 0 aliphatic heterocycles. The topological polar surface area (TPSA) is 37.3 Å². The summed E-state index contributed by atoms with van der Waals surface area (Å²) in [6, 6.07) is 0. The number of carbonyl (C=O) groups excluding carboxylic acids is 1. The first kappa shape index (κ1) is 17.2. The van der Waals surface area contributed by atoms with E-state index in [0.717, 1.165) is 44.4 Å². The Hall–Kier alpha value is 0.344. The second-order valence-electron chi connectivity index (χ2n) is 8.42. The van der Waals surface area contributed by atoms with Crippen molar-refractivity contribution >= 4 is 5.78 Å². The summed E-state index contributed by atoms with van der Waals surface area (Å²) in [7, 11) is 0. The zero-order valence-electron chi connectivity index (χ0n) is 13.8. The molecule has 0 spiro atoms. The summed E-state index contributed by atoms with van der Waals surface area (Å²) in [5.41, 5.74) is 1.73. The van der Waals surface area contributed by atoms with Crippen molar-refractivity contribution in [3.63, 3.8) is 0 Å². The fourth-order valence-electron chi connectivity index (χ4n) is 6.17. The fourth-order valence-corrected chi connectivity index (χ4v) is 6.17. The van der Waals surface area contributed by atoms with Gasteiger partial charge in [0, 0.05) is 38.5 Å². The van der Waals surface area contributed by atoms with Crippen LogP contribution in [0, 0.1) is 35.0 Å². The average molecular weight is 376 g/mol. The average Bonchev–Trinajstić information content (AvgIpc) is 2.76. The quantitative estimate of drug-likeness (QED) is 0.517. The molecule has 3 saturated carbocycles. The molecule has 4 aliphatic carbocycles. The van der Waals surface area contributed by atoms with Gasteiger partial charge in [-0.3, -0.25) is 0 Å². The van der Waals surface area contributed by atoms with Crippen LogP contribution in [0.5, 0.6) is 0 Å². The van der Waals surface area contributed by atoms with Crippen LogP contribution in [0.1, 0.15) is 58.8 Å². The standard InChI is InChI=1S/C19H27O2.Y/c1-18-9-7-13(20)11-12(18)3-4-14-15-5-6-17(21)19(15,2)10-8-16(14)18;/h3,6,13-16,20H,4-5,7-11H2,1-2H3;/q-1;/t13-,14?,15?,16?,18-,19-;/m0./s1. The second kappa shape index (κ2) is 5.71. The number of fused-ring (bicyclic) bond motifs is 5. The zero-order valence-corrected chi connectivity index (χ0v) is 16.7. The van der Waals surface area contributed by atoms with Gasteiger partial charge in [-0.15, -0.1) is 0 Å². The number of Topliss-reactive ketones (excluding diaryl/α,β-unsaturated/α-hetero) is 1. The minimum Gasteiger partial charge on any atom is -0.393 e. The summed E-state index contributed by atoms with van der Waals surface area (Å²) in [6.45, 7) is 4.65. The van der Waals surface area contributed by atoms with E-state index in [2.05, 4.69) is 19.9 Å². The fraction of sp³-hybridized carbons (Fsp3) is 0.789. The van der Waals surface area contributed by atoms with Crippen LogP contribution in [-0.4, -0.2) is 17.0 Å². The van der Waals surface area contributed by atoms with Gasteiger partial charge in [0.2, 0.25) is 0 Å². The van der Waals surface area contributed by atoms with Crippen LogP contribution in [0.2, 0.25) is 0 Å². The molecule has 6 atom stereocenters. The smallest absolute Gasteiger partial charge is 0.0577 e. The van der Waals surface area contributed by atoms with Crippen LogP contribution in [-0.2, 0) is 37.5 Å². The van der Waals surface area contributed by atoms with Crippen molar-refractivity contribution in [1.29, 1.82) is 0 Å². The zero-order chi connectivity index (χ0) is 14.8. The van der Waals surface area contributed by atoms with Gasteiger partial charge in [-0.05, 0) is 61.2 Å². The molecule has 4 rings (SSSR count). The van der Waals surface area contributed by atoms with Gasteiger partial charge in [0.05, 0.1) is 6.10 Å². The largest absolute Gasteiger partial charge is 0.393 e. The molecule has 1 N–H and O–H groups in total. The molecular weight excluding hydrogens is 349 g/mol.